The van der Waals surface area contributed by atoms with Gasteiger partial charge >= 0.3 is 0 Å². The van der Waals surface area contributed by atoms with E-state index in [4.69, 9.17) is 23.1 Å². The van der Waals surface area contributed by atoms with Gasteiger partial charge in [-0.3, -0.25) is 4.79 Å². The molecule has 0 spiro atoms. The molecule has 0 saturated heterocycles. The Morgan fingerprint density at radius 1 is 1.11 bits per heavy atom. The van der Waals surface area contributed by atoms with E-state index >= 15 is 0 Å². The van der Waals surface area contributed by atoms with Gasteiger partial charge in [0.25, 0.3) is 0 Å². The second-order valence-corrected chi connectivity index (χ2v) is 8.85. The number of rotatable bonds is 10. The van der Waals surface area contributed by atoms with Crippen molar-refractivity contribution in [2.75, 3.05) is 0 Å². The SMILES string of the molecule is CCCCC(C)(CCC(C)C)c1ccc(Cl)cc1.CC[C@H](C)C(N)C(N)=O. The van der Waals surface area contributed by atoms with Crippen LogP contribution in [0, 0.1) is 11.8 Å². The minimum Gasteiger partial charge on any atom is -0.368 e. The van der Waals surface area contributed by atoms with Crippen molar-refractivity contribution in [2.45, 2.75) is 91.5 Å². The van der Waals surface area contributed by atoms with E-state index in [1.807, 2.05) is 26.0 Å². The standard InChI is InChI=1S/C17H27Cl.C6H14N2O/c1-5-6-12-17(4,13-11-14(2)3)15-7-9-16(18)10-8-15;1-3-4(2)5(7)6(8)9/h7-10,14H,5-6,11-13H2,1-4H3;4-5H,3,7H2,1-2H3,(H2,8,9)/t;4-,5?/m.0/s1. The monoisotopic (exact) mass is 396 g/mol. The number of carbonyl (C=O) groups is 1. The van der Waals surface area contributed by atoms with E-state index in [1.54, 1.807) is 0 Å². The molecule has 0 aliphatic rings. The summed E-state index contributed by atoms with van der Waals surface area (Å²) in [4.78, 5) is 10.4. The lowest BCUT2D eigenvalue weighted by molar-refractivity contribution is -0.120. The largest absolute Gasteiger partial charge is 0.368 e. The summed E-state index contributed by atoms with van der Waals surface area (Å²) in [6.45, 7) is 13.2. The molecule has 0 aliphatic heterocycles. The summed E-state index contributed by atoms with van der Waals surface area (Å²) >= 11 is 5.99. The van der Waals surface area contributed by atoms with Gasteiger partial charge in [0, 0.05) is 5.02 Å². The summed E-state index contributed by atoms with van der Waals surface area (Å²) in [5.74, 6) is 0.560. The molecule has 0 heterocycles. The number of hydrogen-bond donors (Lipinski definition) is 2. The van der Waals surface area contributed by atoms with Crippen LogP contribution in [0.15, 0.2) is 24.3 Å². The van der Waals surface area contributed by atoms with Gasteiger partial charge in [-0.05, 0) is 47.8 Å². The van der Waals surface area contributed by atoms with Gasteiger partial charge in [0.15, 0.2) is 0 Å². The Balaban J connectivity index is 0.000000636. The van der Waals surface area contributed by atoms with Crippen molar-refractivity contribution < 1.29 is 4.79 Å². The lowest BCUT2D eigenvalue weighted by Gasteiger charge is -2.31. The molecule has 3 atom stereocenters. The van der Waals surface area contributed by atoms with Crippen LogP contribution >= 0.6 is 11.6 Å². The Hall–Kier alpha value is -1.06. The summed E-state index contributed by atoms with van der Waals surface area (Å²) in [5, 5.41) is 0.834. The summed E-state index contributed by atoms with van der Waals surface area (Å²) < 4.78 is 0. The number of benzene rings is 1. The third kappa shape index (κ3) is 10.2. The lowest BCUT2D eigenvalue weighted by atomic mass is 9.74. The Morgan fingerprint density at radius 2 is 1.67 bits per heavy atom. The zero-order valence-electron chi connectivity index (χ0n) is 18.2. The predicted octanol–water partition coefficient (Wildman–Crippen LogP) is 6.07. The van der Waals surface area contributed by atoms with Gasteiger partial charge < -0.3 is 11.5 Å². The fraction of sp³-hybridized carbons (Fsp3) is 0.696. The number of unbranched alkanes of at least 4 members (excludes halogenated alkanes) is 1. The molecule has 4 N–H and O–H groups in total. The van der Waals surface area contributed by atoms with Crippen LogP contribution in [-0.4, -0.2) is 11.9 Å². The maximum Gasteiger partial charge on any atom is 0.234 e. The molecule has 0 aromatic heterocycles. The van der Waals surface area contributed by atoms with Crippen LogP contribution in [0.1, 0.15) is 85.6 Å². The number of carbonyl (C=O) groups excluding carboxylic acids is 1. The van der Waals surface area contributed by atoms with Crippen LogP contribution < -0.4 is 11.5 Å². The Morgan fingerprint density at radius 3 is 2.04 bits per heavy atom. The highest BCUT2D eigenvalue weighted by Crippen LogP contribution is 2.36. The maximum absolute atomic E-state index is 10.4. The summed E-state index contributed by atoms with van der Waals surface area (Å²) in [7, 11) is 0. The summed E-state index contributed by atoms with van der Waals surface area (Å²) in [6, 6.07) is 7.99. The zero-order valence-corrected chi connectivity index (χ0v) is 19.0. The number of amides is 1. The molecule has 0 saturated carbocycles. The third-order valence-corrected chi connectivity index (χ3v) is 5.73. The molecule has 27 heavy (non-hydrogen) atoms. The van der Waals surface area contributed by atoms with Crippen molar-refractivity contribution in [1.82, 2.24) is 0 Å². The second kappa shape index (κ2) is 13.2. The quantitative estimate of drug-likeness (QED) is 0.503. The van der Waals surface area contributed by atoms with Crippen molar-refractivity contribution in [3.8, 4) is 0 Å². The lowest BCUT2D eigenvalue weighted by Crippen LogP contribution is -2.41. The van der Waals surface area contributed by atoms with E-state index < -0.39 is 11.9 Å². The molecule has 4 heteroatoms. The topological polar surface area (TPSA) is 69.1 Å². The Kier molecular flexibility index (Phi) is 12.7. The van der Waals surface area contributed by atoms with Crippen LogP contribution in [0.25, 0.3) is 0 Å². The molecule has 1 aromatic carbocycles. The van der Waals surface area contributed by atoms with Crippen molar-refractivity contribution in [1.29, 1.82) is 0 Å². The zero-order chi connectivity index (χ0) is 21.0. The van der Waals surface area contributed by atoms with E-state index in [2.05, 4.69) is 39.8 Å². The Bertz CT molecular complexity index is 530. The smallest absolute Gasteiger partial charge is 0.234 e. The fourth-order valence-electron chi connectivity index (χ4n) is 2.97. The Labute approximate surface area is 172 Å². The molecule has 1 aromatic rings. The number of halogens is 1. The first-order chi connectivity index (χ1) is 12.6. The van der Waals surface area contributed by atoms with E-state index in [1.165, 1.54) is 37.7 Å². The van der Waals surface area contributed by atoms with Crippen molar-refractivity contribution in [3.05, 3.63) is 34.9 Å². The van der Waals surface area contributed by atoms with Crippen molar-refractivity contribution in [3.63, 3.8) is 0 Å². The van der Waals surface area contributed by atoms with Gasteiger partial charge in [-0.15, -0.1) is 0 Å². The number of nitrogens with two attached hydrogens (primary N) is 2. The molecule has 0 radical (unpaired) electrons. The molecule has 0 bridgehead atoms. The van der Waals surface area contributed by atoms with Crippen molar-refractivity contribution in [2.24, 2.45) is 23.3 Å². The van der Waals surface area contributed by atoms with Gasteiger partial charge in [-0.1, -0.05) is 91.0 Å². The summed E-state index contributed by atoms with van der Waals surface area (Å²) in [5.41, 5.74) is 12.1. The number of hydrogen-bond acceptors (Lipinski definition) is 2. The van der Waals surface area contributed by atoms with Gasteiger partial charge in [0.05, 0.1) is 6.04 Å². The first-order valence-electron chi connectivity index (χ1n) is 10.4. The van der Waals surface area contributed by atoms with Gasteiger partial charge in [0.1, 0.15) is 0 Å². The average molecular weight is 397 g/mol. The first-order valence-corrected chi connectivity index (χ1v) is 10.8. The predicted molar refractivity (Wildman–Crippen MR) is 119 cm³/mol. The van der Waals surface area contributed by atoms with Crippen LogP contribution in [0.4, 0.5) is 0 Å². The van der Waals surface area contributed by atoms with Crippen LogP contribution in [0.2, 0.25) is 5.02 Å². The van der Waals surface area contributed by atoms with Crippen LogP contribution in [0.3, 0.4) is 0 Å². The normalized spacial score (nSPS) is 15.4. The van der Waals surface area contributed by atoms with E-state index in [0.717, 1.165) is 17.4 Å². The van der Waals surface area contributed by atoms with Gasteiger partial charge in [0.2, 0.25) is 5.91 Å². The maximum atomic E-state index is 10.4. The van der Waals surface area contributed by atoms with Gasteiger partial charge in [-0.25, -0.2) is 0 Å². The molecular formula is C23H41ClN2O. The van der Waals surface area contributed by atoms with Crippen molar-refractivity contribution >= 4 is 17.5 Å². The molecule has 3 nitrogen and oxygen atoms in total. The molecule has 156 valence electrons. The van der Waals surface area contributed by atoms with E-state index in [0.29, 0.717) is 5.41 Å². The minimum absolute atomic E-state index is 0.197. The van der Waals surface area contributed by atoms with E-state index in [-0.39, 0.29) is 5.92 Å². The van der Waals surface area contributed by atoms with Gasteiger partial charge in [-0.2, -0.15) is 0 Å². The highest BCUT2D eigenvalue weighted by atomic mass is 35.5. The first kappa shape index (κ1) is 25.9. The molecule has 2 unspecified atom stereocenters. The average Bonchev–Trinajstić information content (AvgIpc) is 2.64. The molecule has 0 fully saturated rings. The highest BCUT2D eigenvalue weighted by Gasteiger charge is 2.25. The van der Waals surface area contributed by atoms with E-state index in [9.17, 15) is 4.79 Å². The molecular weight excluding hydrogens is 356 g/mol. The minimum atomic E-state index is -0.477. The summed E-state index contributed by atoms with van der Waals surface area (Å²) in [6.07, 6.45) is 7.30. The molecule has 0 aliphatic carbocycles. The fourth-order valence-corrected chi connectivity index (χ4v) is 3.10. The van der Waals surface area contributed by atoms with Crippen LogP contribution in [0.5, 0.6) is 0 Å². The highest BCUT2D eigenvalue weighted by molar-refractivity contribution is 6.30. The second-order valence-electron chi connectivity index (χ2n) is 8.42. The van der Waals surface area contributed by atoms with Crippen LogP contribution in [-0.2, 0) is 10.2 Å². The number of primary amides is 1. The third-order valence-electron chi connectivity index (χ3n) is 5.48. The molecule has 1 amide bonds. The molecule has 1 rings (SSSR count).